The maximum atomic E-state index is 13.2. The second-order valence-corrected chi connectivity index (χ2v) is 7.55. The van der Waals surface area contributed by atoms with Crippen molar-refractivity contribution in [3.8, 4) is 17.0 Å². The minimum absolute atomic E-state index is 0.0864. The number of alkyl halides is 3. The fraction of sp³-hybridized carbons (Fsp3) is 0.217. The average Bonchev–Trinajstić information content (AvgIpc) is 2.88. The van der Waals surface area contributed by atoms with E-state index in [1.54, 1.807) is 25.1 Å². The van der Waals surface area contributed by atoms with E-state index >= 15 is 0 Å². The molecule has 34 heavy (non-hydrogen) atoms. The summed E-state index contributed by atoms with van der Waals surface area (Å²) in [5.41, 5.74) is 0.932. The number of amides is 2. The summed E-state index contributed by atoms with van der Waals surface area (Å²) in [5, 5.41) is 13.2. The number of carbonyl (C=O) groups excluding carboxylic acids is 2. The molecule has 2 aromatic heterocycles. The van der Waals surface area contributed by atoms with Gasteiger partial charge >= 0.3 is 6.18 Å². The van der Waals surface area contributed by atoms with Crippen LogP contribution in [0.4, 0.5) is 24.5 Å². The minimum atomic E-state index is -4.51. The molecule has 8 nitrogen and oxygen atoms in total. The van der Waals surface area contributed by atoms with Gasteiger partial charge in [-0.2, -0.15) is 13.2 Å². The number of anilines is 2. The molecule has 3 heterocycles. The average molecular weight is 472 g/mol. The number of rotatable bonds is 4. The van der Waals surface area contributed by atoms with Gasteiger partial charge in [0, 0.05) is 23.1 Å². The molecule has 0 aliphatic carbocycles. The molecule has 0 spiro atoms. The number of hydrogen-bond donors (Lipinski definition) is 2. The standard InChI is InChI=1S/C23H19F3N4O4/c1-12-10-16-18(21(28-12)34-2)15-4-3-9-27-19(15)20(32)22(33)30(16)11-17(31)29-14-7-5-13(6-8-14)23(24,25)26/h3-10,20,32H,11H2,1-2H3,(H,29,31). The summed E-state index contributed by atoms with van der Waals surface area (Å²) in [6, 6.07) is 8.78. The lowest BCUT2D eigenvalue weighted by Gasteiger charge is -2.24. The number of aliphatic hydroxyl groups excluding tert-OH is 1. The molecular formula is C23H19F3N4O4. The van der Waals surface area contributed by atoms with Gasteiger partial charge in [0.1, 0.15) is 6.54 Å². The van der Waals surface area contributed by atoms with E-state index in [9.17, 15) is 27.9 Å². The van der Waals surface area contributed by atoms with Crippen LogP contribution < -0.4 is 15.0 Å². The zero-order valence-electron chi connectivity index (χ0n) is 18.1. The van der Waals surface area contributed by atoms with Gasteiger partial charge in [-0.25, -0.2) is 4.98 Å². The number of fused-ring (bicyclic) bond motifs is 3. The van der Waals surface area contributed by atoms with E-state index in [-0.39, 0.29) is 22.9 Å². The van der Waals surface area contributed by atoms with Gasteiger partial charge in [-0.05, 0) is 43.3 Å². The van der Waals surface area contributed by atoms with Crippen LogP contribution in [0.15, 0.2) is 48.7 Å². The van der Waals surface area contributed by atoms with Gasteiger partial charge in [-0.1, -0.05) is 6.07 Å². The monoisotopic (exact) mass is 472 g/mol. The predicted octanol–water partition coefficient (Wildman–Crippen LogP) is 3.50. The maximum absolute atomic E-state index is 13.2. The Morgan fingerprint density at radius 3 is 2.59 bits per heavy atom. The van der Waals surface area contributed by atoms with Crippen molar-refractivity contribution < 1.29 is 32.6 Å². The number of aryl methyl sites for hydroxylation is 1. The Hall–Kier alpha value is -3.99. The summed E-state index contributed by atoms with van der Waals surface area (Å²) in [4.78, 5) is 35.5. The summed E-state index contributed by atoms with van der Waals surface area (Å²) in [7, 11) is 1.41. The van der Waals surface area contributed by atoms with Gasteiger partial charge in [-0.3, -0.25) is 19.5 Å². The van der Waals surface area contributed by atoms with Gasteiger partial charge in [0.15, 0.2) is 6.10 Å². The van der Waals surface area contributed by atoms with Crippen molar-refractivity contribution in [1.29, 1.82) is 0 Å². The molecule has 1 atom stereocenters. The smallest absolute Gasteiger partial charge is 0.416 e. The third kappa shape index (κ3) is 4.29. The van der Waals surface area contributed by atoms with Crippen LogP contribution in [0.25, 0.3) is 11.1 Å². The minimum Gasteiger partial charge on any atom is -0.480 e. The predicted molar refractivity (Wildman–Crippen MR) is 116 cm³/mol. The van der Waals surface area contributed by atoms with Crippen LogP contribution in [0.2, 0.25) is 0 Å². The molecule has 3 aromatic rings. The highest BCUT2D eigenvalue weighted by atomic mass is 19.4. The zero-order chi connectivity index (χ0) is 24.6. The lowest BCUT2D eigenvalue weighted by molar-refractivity contribution is -0.137. The number of hydrogen-bond acceptors (Lipinski definition) is 6. The van der Waals surface area contributed by atoms with Crippen LogP contribution in [-0.4, -0.2) is 40.5 Å². The van der Waals surface area contributed by atoms with E-state index < -0.39 is 36.2 Å². The Labute approximate surface area is 192 Å². The first-order chi connectivity index (χ1) is 16.1. The van der Waals surface area contributed by atoms with Crippen molar-refractivity contribution in [2.45, 2.75) is 19.2 Å². The van der Waals surface area contributed by atoms with E-state index in [0.717, 1.165) is 29.2 Å². The molecule has 0 fully saturated rings. The normalized spacial score (nSPS) is 15.3. The Kier molecular flexibility index (Phi) is 5.96. The summed E-state index contributed by atoms with van der Waals surface area (Å²) < 4.78 is 43.8. The second kappa shape index (κ2) is 8.75. The topological polar surface area (TPSA) is 105 Å². The molecular weight excluding hydrogens is 453 g/mol. The van der Waals surface area contributed by atoms with Crippen molar-refractivity contribution in [1.82, 2.24) is 9.97 Å². The maximum Gasteiger partial charge on any atom is 0.416 e. The summed E-state index contributed by atoms with van der Waals surface area (Å²) >= 11 is 0. The molecule has 1 unspecified atom stereocenters. The third-order valence-corrected chi connectivity index (χ3v) is 5.24. The number of nitrogens with one attached hydrogen (secondary N) is 1. The fourth-order valence-electron chi connectivity index (χ4n) is 3.72. The number of halogens is 3. The summed E-state index contributed by atoms with van der Waals surface area (Å²) in [6.45, 7) is 1.16. The van der Waals surface area contributed by atoms with Crippen molar-refractivity contribution in [3.05, 3.63) is 65.6 Å². The number of carbonyl (C=O) groups is 2. The number of methoxy groups -OCH3 is 1. The molecule has 1 aliphatic heterocycles. The number of pyridine rings is 2. The lowest BCUT2D eigenvalue weighted by atomic mass is 10.0. The number of aromatic nitrogens is 2. The zero-order valence-corrected chi connectivity index (χ0v) is 18.1. The van der Waals surface area contributed by atoms with Gasteiger partial charge in [0.25, 0.3) is 5.91 Å². The molecule has 2 amide bonds. The molecule has 176 valence electrons. The highest BCUT2D eigenvalue weighted by Crippen LogP contribution is 2.44. The van der Waals surface area contributed by atoms with Crippen LogP contribution >= 0.6 is 0 Å². The molecule has 0 saturated heterocycles. The first-order valence-corrected chi connectivity index (χ1v) is 10.1. The van der Waals surface area contributed by atoms with Crippen molar-refractivity contribution in [2.75, 3.05) is 23.9 Å². The van der Waals surface area contributed by atoms with E-state index in [1.807, 2.05) is 0 Å². The fourth-order valence-corrected chi connectivity index (χ4v) is 3.72. The molecule has 4 rings (SSSR count). The van der Waals surface area contributed by atoms with Crippen LogP contribution in [0.3, 0.4) is 0 Å². The molecule has 1 aromatic carbocycles. The molecule has 0 saturated carbocycles. The number of nitrogens with zero attached hydrogens (tertiary/aromatic N) is 3. The highest BCUT2D eigenvalue weighted by Gasteiger charge is 2.37. The van der Waals surface area contributed by atoms with Gasteiger partial charge in [-0.15, -0.1) is 0 Å². The van der Waals surface area contributed by atoms with Crippen LogP contribution in [-0.2, 0) is 15.8 Å². The Morgan fingerprint density at radius 1 is 1.24 bits per heavy atom. The third-order valence-electron chi connectivity index (χ3n) is 5.24. The molecule has 1 aliphatic rings. The Balaban J connectivity index is 1.70. The second-order valence-electron chi connectivity index (χ2n) is 7.55. The van der Waals surface area contributed by atoms with Crippen LogP contribution in [0, 0.1) is 6.92 Å². The molecule has 0 bridgehead atoms. The highest BCUT2D eigenvalue weighted by molar-refractivity contribution is 6.09. The van der Waals surface area contributed by atoms with Crippen molar-refractivity contribution >= 4 is 23.2 Å². The molecule has 2 N–H and O–H groups in total. The van der Waals surface area contributed by atoms with Crippen LogP contribution in [0.1, 0.15) is 23.1 Å². The van der Waals surface area contributed by atoms with Crippen LogP contribution in [0.5, 0.6) is 5.88 Å². The summed E-state index contributed by atoms with van der Waals surface area (Å²) in [6.07, 6.45) is -4.74. The van der Waals surface area contributed by atoms with Gasteiger partial charge in [0.2, 0.25) is 11.8 Å². The SMILES string of the molecule is COc1nc(C)cc2c1-c1cccnc1C(O)C(=O)N2CC(=O)Nc1ccc(C(F)(F)F)cc1. The number of benzene rings is 1. The quantitative estimate of drug-likeness (QED) is 0.602. The van der Waals surface area contributed by atoms with E-state index in [1.165, 1.54) is 13.3 Å². The Morgan fingerprint density at radius 2 is 1.94 bits per heavy atom. The van der Waals surface area contributed by atoms with Crippen molar-refractivity contribution in [3.63, 3.8) is 0 Å². The summed E-state index contributed by atoms with van der Waals surface area (Å²) in [5.74, 6) is -1.30. The van der Waals surface area contributed by atoms with E-state index in [4.69, 9.17) is 4.74 Å². The largest absolute Gasteiger partial charge is 0.480 e. The van der Waals surface area contributed by atoms with Crippen molar-refractivity contribution in [2.24, 2.45) is 0 Å². The lowest BCUT2D eigenvalue weighted by Crippen LogP contribution is -2.40. The first kappa shape index (κ1) is 23.2. The number of aliphatic hydroxyl groups is 1. The van der Waals surface area contributed by atoms with E-state index in [0.29, 0.717) is 16.8 Å². The van der Waals surface area contributed by atoms with Gasteiger partial charge in [0.05, 0.1) is 29.6 Å². The first-order valence-electron chi connectivity index (χ1n) is 10.1. The Bertz CT molecular complexity index is 1260. The molecule has 0 radical (unpaired) electrons. The van der Waals surface area contributed by atoms with Gasteiger partial charge < -0.3 is 15.2 Å². The molecule has 11 heteroatoms. The number of ether oxygens (including phenoxy) is 1. The van der Waals surface area contributed by atoms with E-state index in [2.05, 4.69) is 15.3 Å².